The van der Waals surface area contributed by atoms with E-state index in [9.17, 15) is 13.6 Å². The van der Waals surface area contributed by atoms with E-state index in [1.807, 2.05) is 30.3 Å². The van der Waals surface area contributed by atoms with Crippen LogP contribution in [0.3, 0.4) is 0 Å². The maximum absolute atomic E-state index is 12.1. The average Bonchev–Trinajstić information content (AvgIpc) is 3.10. The SMILES string of the molecule is O=C(CSc1nnc(-c2ccccc2)o1)c1ccc(OC(F)F)cc1. The summed E-state index contributed by atoms with van der Waals surface area (Å²) in [5.74, 6) is 0.284. The van der Waals surface area contributed by atoms with Gasteiger partial charge in [0.05, 0.1) is 5.75 Å². The number of aromatic nitrogens is 2. The maximum atomic E-state index is 12.1. The van der Waals surface area contributed by atoms with E-state index >= 15 is 0 Å². The molecule has 0 bridgehead atoms. The number of halogens is 2. The molecular formula is C17H12F2N2O3S. The van der Waals surface area contributed by atoms with Crippen LogP contribution in [0.2, 0.25) is 0 Å². The largest absolute Gasteiger partial charge is 0.435 e. The molecule has 0 fully saturated rings. The molecular weight excluding hydrogens is 350 g/mol. The number of ketones is 1. The second kappa shape index (κ2) is 7.89. The van der Waals surface area contributed by atoms with E-state index in [1.54, 1.807) is 0 Å². The van der Waals surface area contributed by atoms with Crippen LogP contribution < -0.4 is 4.74 Å². The summed E-state index contributed by atoms with van der Waals surface area (Å²) in [7, 11) is 0. The molecule has 0 spiro atoms. The molecule has 0 atom stereocenters. The van der Waals surface area contributed by atoms with Gasteiger partial charge in [-0.1, -0.05) is 30.0 Å². The highest BCUT2D eigenvalue weighted by Gasteiger charge is 2.13. The fraction of sp³-hybridized carbons (Fsp3) is 0.118. The lowest BCUT2D eigenvalue weighted by molar-refractivity contribution is -0.0498. The number of alkyl halides is 2. The molecule has 0 N–H and O–H groups in total. The highest BCUT2D eigenvalue weighted by molar-refractivity contribution is 7.99. The predicted octanol–water partition coefficient (Wildman–Crippen LogP) is 4.31. The van der Waals surface area contributed by atoms with Gasteiger partial charge in [-0.15, -0.1) is 10.2 Å². The second-order valence-corrected chi connectivity index (χ2v) is 5.78. The maximum Gasteiger partial charge on any atom is 0.387 e. The van der Waals surface area contributed by atoms with E-state index in [4.69, 9.17) is 4.42 Å². The van der Waals surface area contributed by atoms with E-state index in [2.05, 4.69) is 14.9 Å². The van der Waals surface area contributed by atoms with Crippen molar-refractivity contribution < 1.29 is 22.7 Å². The molecule has 0 saturated carbocycles. The van der Waals surface area contributed by atoms with Crippen molar-refractivity contribution in [3.63, 3.8) is 0 Å². The number of carbonyl (C=O) groups is 1. The molecule has 0 saturated heterocycles. The van der Waals surface area contributed by atoms with E-state index in [0.717, 1.165) is 17.3 Å². The van der Waals surface area contributed by atoms with Crippen LogP contribution >= 0.6 is 11.8 Å². The third-order valence-corrected chi connectivity index (χ3v) is 3.97. The summed E-state index contributed by atoms with van der Waals surface area (Å²) < 4.78 is 33.9. The summed E-state index contributed by atoms with van der Waals surface area (Å²) in [6, 6.07) is 14.8. The molecule has 1 aromatic heterocycles. The van der Waals surface area contributed by atoms with Gasteiger partial charge in [0.25, 0.3) is 5.22 Å². The zero-order chi connectivity index (χ0) is 17.6. The minimum Gasteiger partial charge on any atom is -0.435 e. The Labute approximate surface area is 146 Å². The smallest absolute Gasteiger partial charge is 0.387 e. The third-order valence-electron chi connectivity index (χ3n) is 3.16. The van der Waals surface area contributed by atoms with Gasteiger partial charge < -0.3 is 9.15 Å². The van der Waals surface area contributed by atoms with Crippen LogP contribution in [-0.4, -0.2) is 28.3 Å². The summed E-state index contributed by atoms with van der Waals surface area (Å²) in [6.45, 7) is -2.89. The number of Topliss-reactive ketones (excluding diaryl/α,β-unsaturated/α-hetero) is 1. The first kappa shape index (κ1) is 17.1. The number of rotatable bonds is 7. The van der Waals surface area contributed by atoms with Gasteiger partial charge in [0.15, 0.2) is 5.78 Å². The van der Waals surface area contributed by atoms with Gasteiger partial charge in [-0.05, 0) is 36.4 Å². The molecule has 25 heavy (non-hydrogen) atoms. The van der Waals surface area contributed by atoms with Gasteiger partial charge >= 0.3 is 6.61 Å². The standard InChI is InChI=1S/C17H12F2N2O3S/c18-16(19)23-13-8-6-11(7-9-13)14(22)10-25-17-21-20-15(24-17)12-4-2-1-3-5-12/h1-9,16H,10H2. The lowest BCUT2D eigenvalue weighted by Gasteiger charge is -2.04. The quantitative estimate of drug-likeness (QED) is 0.461. The zero-order valence-corrected chi connectivity index (χ0v) is 13.6. The Bertz CT molecular complexity index is 839. The van der Waals surface area contributed by atoms with Crippen molar-refractivity contribution >= 4 is 17.5 Å². The molecule has 0 amide bonds. The van der Waals surface area contributed by atoms with Crippen molar-refractivity contribution in [2.75, 3.05) is 5.75 Å². The van der Waals surface area contributed by atoms with Crippen LogP contribution in [0.4, 0.5) is 8.78 Å². The monoisotopic (exact) mass is 362 g/mol. The summed E-state index contributed by atoms with van der Waals surface area (Å²) in [6.07, 6.45) is 0. The number of hydrogen-bond acceptors (Lipinski definition) is 6. The lowest BCUT2D eigenvalue weighted by Crippen LogP contribution is -2.04. The van der Waals surface area contributed by atoms with E-state index in [0.29, 0.717) is 11.5 Å². The molecule has 5 nitrogen and oxygen atoms in total. The summed E-state index contributed by atoms with van der Waals surface area (Å²) in [5.41, 5.74) is 1.18. The molecule has 3 rings (SSSR count). The lowest BCUT2D eigenvalue weighted by atomic mass is 10.1. The number of benzene rings is 2. The Hall–Kier alpha value is -2.74. The van der Waals surface area contributed by atoms with Crippen LogP contribution in [0.25, 0.3) is 11.5 Å². The number of nitrogens with zero attached hydrogens (tertiary/aromatic N) is 2. The molecule has 0 aliphatic rings. The normalized spacial score (nSPS) is 10.8. The molecule has 0 unspecified atom stereocenters. The Morgan fingerprint density at radius 1 is 1.08 bits per heavy atom. The molecule has 2 aromatic carbocycles. The number of hydrogen-bond donors (Lipinski definition) is 0. The van der Waals surface area contributed by atoms with Crippen LogP contribution in [0.15, 0.2) is 64.2 Å². The minimum absolute atomic E-state index is 0.00334. The van der Waals surface area contributed by atoms with Gasteiger partial charge in [-0.25, -0.2) is 0 Å². The molecule has 8 heteroatoms. The fourth-order valence-corrected chi connectivity index (χ4v) is 2.66. The Morgan fingerprint density at radius 2 is 1.80 bits per heavy atom. The second-order valence-electron chi connectivity index (χ2n) is 4.85. The van der Waals surface area contributed by atoms with Crippen molar-refractivity contribution in [3.05, 3.63) is 60.2 Å². The number of ether oxygens (including phenoxy) is 1. The third kappa shape index (κ3) is 4.63. The van der Waals surface area contributed by atoms with Gasteiger partial charge in [-0.2, -0.15) is 8.78 Å². The Balaban J connectivity index is 1.58. The predicted molar refractivity (Wildman–Crippen MR) is 87.9 cm³/mol. The highest BCUT2D eigenvalue weighted by Crippen LogP contribution is 2.24. The van der Waals surface area contributed by atoms with Gasteiger partial charge in [-0.3, -0.25) is 4.79 Å². The summed E-state index contributed by atoms with van der Waals surface area (Å²) >= 11 is 1.11. The highest BCUT2D eigenvalue weighted by atomic mass is 32.2. The van der Waals surface area contributed by atoms with Gasteiger partial charge in [0, 0.05) is 11.1 Å². The molecule has 0 aliphatic carbocycles. The topological polar surface area (TPSA) is 65.2 Å². The average molecular weight is 362 g/mol. The first-order valence-electron chi connectivity index (χ1n) is 7.21. The summed E-state index contributed by atoms with van der Waals surface area (Å²) in [5, 5.41) is 8.12. The Morgan fingerprint density at radius 3 is 2.48 bits per heavy atom. The van der Waals surface area contributed by atoms with E-state index in [1.165, 1.54) is 24.3 Å². The van der Waals surface area contributed by atoms with Crippen molar-refractivity contribution in [3.8, 4) is 17.2 Å². The first-order chi connectivity index (χ1) is 12.1. The van der Waals surface area contributed by atoms with E-state index < -0.39 is 6.61 Å². The fourth-order valence-electron chi connectivity index (χ4n) is 2.00. The Kier molecular flexibility index (Phi) is 5.39. The van der Waals surface area contributed by atoms with Crippen molar-refractivity contribution in [2.24, 2.45) is 0 Å². The summed E-state index contributed by atoms with van der Waals surface area (Å²) in [4.78, 5) is 12.1. The molecule has 128 valence electrons. The van der Waals surface area contributed by atoms with Crippen molar-refractivity contribution in [1.82, 2.24) is 10.2 Å². The molecule has 1 heterocycles. The van der Waals surface area contributed by atoms with E-state index in [-0.39, 0.29) is 22.5 Å². The van der Waals surface area contributed by atoms with Crippen LogP contribution in [0, 0.1) is 0 Å². The van der Waals surface area contributed by atoms with Crippen molar-refractivity contribution in [2.45, 2.75) is 11.8 Å². The van der Waals surface area contributed by atoms with Crippen LogP contribution in [0.1, 0.15) is 10.4 Å². The molecule has 0 aliphatic heterocycles. The zero-order valence-electron chi connectivity index (χ0n) is 12.8. The molecule has 0 radical (unpaired) electrons. The van der Waals surface area contributed by atoms with Crippen molar-refractivity contribution in [1.29, 1.82) is 0 Å². The first-order valence-corrected chi connectivity index (χ1v) is 8.20. The minimum atomic E-state index is -2.89. The van der Waals surface area contributed by atoms with Gasteiger partial charge in [0.2, 0.25) is 5.89 Å². The van der Waals surface area contributed by atoms with Crippen LogP contribution in [-0.2, 0) is 0 Å². The molecule has 3 aromatic rings. The van der Waals surface area contributed by atoms with Gasteiger partial charge in [0.1, 0.15) is 5.75 Å². The van der Waals surface area contributed by atoms with Crippen LogP contribution in [0.5, 0.6) is 5.75 Å². The number of carbonyl (C=O) groups excluding carboxylic acids is 1. The number of thioether (sulfide) groups is 1.